The van der Waals surface area contributed by atoms with Gasteiger partial charge in [-0.2, -0.15) is 4.37 Å². The normalized spacial score (nSPS) is 10.7. The van der Waals surface area contributed by atoms with Crippen molar-refractivity contribution >= 4 is 49.3 Å². The average molecular weight is 390 g/mol. The quantitative estimate of drug-likeness (QED) is 0.642. The van der Waals surface area contributed by atoms with Gasteiger partial charge in [0, 0.05) is 28.5 Å². The molecule has 1 amide bonds. The SMILES string of the molecule is Cc1cc(Br)ccc1C(=O)NCCNc1nsc2ccccc12. The molecule has 118 valence electrons. The molecule has 3 aromatic rings. The van der Waals surface area contributed by atoms with Gasteiger partial charge in [0.2, 0.25) is 0 Å². The molecule has 4 nitrogen and oxygen atoms in total. The first-order valence-electron chi connectivity index (χ1n) is 7.28. The van der Waals surface area contributed by atoms with Crippen LogP contribution >= 0.6 is 27.5 Å². The maximum atomic E-state index is 12.2. The van der Waals surface area contributed by atoms with Crippen molar-refractivity contribution in [1.29, 1.82) is 0 Å². The van der Waals surface area contributed by atoms with E-state index < -0.39 is 0 Å². The highest BCUT2D eigenvalue weighted by molar-refractivity contribution is 9.10. The number of rotatable bonds is 5. The zero-order valence-corrected chi connectivity index (χ0v) is 15.0. The summed E-state index contributed by atoms with van der Waals surface area (Å²) in [5.41, 5.74) is 1.66. The molecule has 0 aliphatic heterocycles. The number of anilines is 1. The fourth-order valence-corrected chi connectivity index (χ4v) is 3.58. The van der Waals surface area contributed by atoms with Crippen LogP contribution in [0, 0.1) is 6.92 Å². The van der Waals surface area contributed by atoms with Crippen LogP contribution in [0.15, 0.2) is 46.9 Å². The molecule has 0 aliphatic carbocycles. The highest BCUT2D eigenvalue weighted by Crippen LogP contribution is 2.25. The zero-order chi connectivity index (χ0) is 16.2. The molecule has 0 unspecified atom stereocenters. The number of fused-ring (bicyclic) bond motifs is 1. The lowest BCUT2D eigenvalue weighted by atomic mass is 10.1. The van der Waals surface area contributed by atoms with Crippen LogP contribution in [0.3, 0.4) is 0 Å². The van der Waals surface area contributed by atoms with E-state index in [0.717, 1.165) is 25.9 Å². The van der Waals surface area contributed by atoms with Gasteiger partial charge in [-0.05, 0) is 54.4 Å². The first-order valence-corrected chi connectivity index (χ1v) is 8.84. The number of amides is 1. The summed E-state index contributed by atoms with van der Waals surface area (Å²) in [6.45, 7) is 3.11. The number of halogens is 1. The van der Waals surface area contributed by atoms with Crippen LogP contribution in [-0.4, -0.2) is 23.4 Å². The Kier molecular flexibility index (Phi) is 4.93. The Morgan fingerprint density at radius 3 is 2.87 bits per heavy atom. The Balaban J connectivity index is 1.54. The van der Waals surface area contributed by atoms with Crippen LogP contribution in [0.2, 0.25) is 0 Å². The molecule has 0 saturated heterocycles. The van der Waals surface area contributed by atoms with Crippen molar-refractivity contribution < 1.29 is 4.79 Å². The Bertz CT molecular complexity index is 847. The summed E-state index contributed by atoms with van der Waals surface area (Å²) >= 11 is 4.88. The Morgan fingerprint density at radius 1 is 1.22 bits per heavy atom. The third kappa shape index (κ3) is 3.71. The first-order chi connectivity index (χ1) is 11.1. The van der Waals surface area contributed by atoms with E-state index in [1.807, 2.05) is 43.3 Å². The summed E-state index contributed by atoms with van der Waals surface area (Å²) in [7, 11) is 0. The molecule has 0 radical (unpaired) electrons. The van der Waals surface area contributed by atoms with Gasteiger partial charge in [-0.3, -0.25) is 4.79 Å². The summed E-state index contributed by atoms with van der Waals surface area (Å²) in [6, 6.07) is 13.7. The van der Waals surface area contributed by atoms with E-state index in [4.69, 9.17) is 0 Å². The summed E-state index contributed by atoms with van der Waals surface area (Å²) < 4.78 is 6.54. The lowest BCUT2D eigenvalue weighted by molar-refractivity contribution is 0.0954. The van der Waals surface area contributed by atoms with E-state index >= 15 is 0 Å². The molecular formula is C17H16BrN3OS. The standard InChI is InChI=1S/C17H16BrN3OS/c1-11-10-12(18)6-7-13(11)17(22)20-9-8-19-16-14-4-2-3-5-15(14)23-21-16/h2-7,10H,8-9H2,1H3,(H,19,21)(H,20,22). The Hall–Kier alpha value is -1.92. The highest BCUT2D eigenvalue weighted by Gasteiger charge is 2.09. The number of carbonyl (C=O) groups excluding carboxylic acids is 1. The van der Waals surface area contributed by atoms with Gasteiger partial charge in [0.15, 0.2) is 0 Å². The number of nitrogens with one attached hydrogen (secondary N) is 2. The molecule has 1 heterocycles. The molecule has 3 rings (SSSR count). The van der Waals surface area contributed by atoms with Crippen molar-refractivity contribution in [2.75, 3.05) is 18.4 Å². The second kappa shape index (κ2) is 7.10. The summed E-state index contributed by atoms with van der Waals surface area (Å²) in [5.74, 6) is 0.819. The van der Waals surface area contributed by atoms with Gasteiger partial charge in [-0.15, -0.1) is 0 Å². The number of carbonyl (C=O) groups is 1. The topological polar surface area (TPSA) is 54.0 Å². The third-order valence-corrected chi connectivity index (χ3v) is 4.83. The molecule has 0 saturated carbocycles. The van der Waals surface area contributed by atoms with Gasteiger partial charge < -0.3 is 10.6 Å². The van der Waals surface area contributed by atoms with E-state index in [1.54, 1.807) is 0 Å². The minimum absolute atomic E-state index is 0.0556. The second-order valence-electron chi connectivity index (χ2n) is 5.17. The molecule has 0 spiro atoms. The van der Waals surface area contributed by atoms with Gasteiger partial charge in [-0.1, -0.05) is 28.1 Å². The lowest BCUT2D eigenvalue weighted by Gasteiger charge is -2.09. The fourth-order valence-electron chi connectivity index (χ4n) is 2.35. The number of hydrogen-bond acceptors (Lipinski definition) is 4. The maximum Gasteiger partial charge on any atom is 0.251 e. The molecule has 6 heteroatoms. The van der Waals surface area contributed by atoms with Gasteiger partial charge >= 0.3 is 0 Å². The predicted molar refractivity (Wildman–Crippen MR) is 99.3 cm³/mol. The summed E-state index contributed by atoms with van der Waals surface area (Å²) in [4.78, 5) is 12.2. The number of aromatic nitrogens is 1. The van der Waals surface area contributed by atoms with Gasteiger partial charge in [-0.25, -0.2) is 0 Å². The smallest absolute Gasteiger partial charge is 0.251 e. The minimum Gasteiger partial charge on any atom is -0.367 e. The summed E-state index contributed by atoms with van der Waals surface area (Å²) in [6.07, 6.45) is 0. The first kappa shape index (κ1) is 16.0. The molecule has 2 N–H and O–H groups in total. The fraction of sp³-hybridized carbons (Fsp3) is 0.176. The van der Waals surface area contributed by atoms with E-state index in [1.165, 1.54) is 11.5 Å². The van der Waals surface area contributed by atoms with Gasteiger partial charge in [0.25, 0.3) is 5.91 Å². The molecule has 0 atom stereocenters. The van der Waals surface area contributed by atoms with Crippen LogP contribution in [0.5, 0.6) is 0 Å². The monoisotopic (exact) mass is 389 g/mol. The molecule has 1 aromatic heterocycles. The highest BCUT2D eigenvalue weighted by atomic mass is 79.9. The summed E-state index contributed by atoms with van der Waals surface area (Å²) in [5, 5.41) is 7.32. The number of aryl methyl sites for hydroxylation is 1. The van der Waals surface area contributed by atoms with Crippen molar-refractivity contribution in [3.05, 3.63) is 58.1 Å². The number of hydrogen-bond donors (Lipinski definition) is 2. The molecule has 0 aliphatic rings. The molecule has 0 fully saturated rings. The van der Waals surface area contributed by atoms with Crippen LogP contribution < -0.4 is 10.6 Å². The van der Waals surface area contributed by atoms with E-state index in [9.17, 15) is 4.79 Å². The van der Waals surface area contributed by atoms with E-state index in [-0.39, 0.29) is 5.91 Å². The Morgan fingerprint density at radius 2 is 2.04 bits per heavy atom. The van der Waals surface area contributed by atoms with Crippen LogP contribution in [0.25, 0.3) is 10.1 Å². The maximum absolute atomic E-state index is 12.2. The van der Waals surface area contributed by atoms with Crippen molar-refractivity contribution in [3.63, 3.8) is 0 Å². The molecule has 23 heavy (non-hydrogen) atoms. The minimum atomic E-state index is -0.0556. The molecule has 2 aromatic carbocycles. The van der Waals surface area contributed by atoms with Crippen molar-refractivity contribution in [1.82, 2.24) is 9.69 Å². The largest absolute Gasteiger partial charge is 0.367 e. The van der Waals surface area contributed by atoms with Crippen molar-refractivity contribution in [3.8, 4) is 0 Å². The van der Waals surface area contributed by atoms with Gasteiger partial charge in [0.05, 0.1) is 4.70 Å². The van der Waals surface area contributed by atoms with E-state index in [2.05, 4.69) is 37.0 Å². The zero-order valence-electron chi connectivity index (χ0n) is 12.6. The van der Waals surface area contributed by atoms with Crippen LogP contribution in [0.1, 0.15) is 15.9 Å². The van der Waals surface area contributed by atoms with Crippen molar-refractivity contribution in [2.45, 2.75) is 6.92 Å². The Labute approximate surface area is 147 Å². The van der Waals surface area contributed by atoms with E-state index in [0.29, 0.717) is 18.7 Å². The van der Waals surface area contributed by atoms with Gasteiger partial charge in [0.1, 0.15) is 5.82 Å². The van der Waals surface area contributed by atoms with Crippen LogP contribution in [0.4, 0.5) is 5.82 Å². The number of benzene rings is 2. The third-order valence-electron chi connectivity index (χ3n) is 3.51. The van der Waals surface area contributed by atoms with Crippen molar-refractivity contribution in [2.24, 2.45) is 0 Å². The second-order valence-corrected chi connectivity index (χ2v) is 6.89. The lowest BCUT2D eigenvalue weighted by Crippen LogP contribution is -2.29. The average Bonchev–Trinajstić information content (AvgIpc) is 2.94. The molecular weight excluding hydrogens is 374 g/mol. The molecule has 0 bridgehead atoms. The predicted octanol–water partition coefficient (Wildman–Crippen LogP) is 4.21. The van der Waals surface area contributed by atoms with Crippen LogP contribution in [-0.2, 0) is 0 Å². The number of nitrogens with zero attached hydrogens (tertiary/aromatic N) is 1.